The third-order valence-corrected chi connectivity index (χ3v) is 3.56. The van der Waals surface area contributed by atoms with Crippen molar-refractivity contribution in [3.05, 3.63) is 29.8 Å². The van der Waals surface area contributed by atoms with Gasteiger partial charge in [-0.25, -0.2) is 17.2 Å². The normalized spacial score (nSPS) is 13.1. The van der Waals surface area contributed by atoms with Crippen molar-refractivity contribution in [2.45, 2.75) is 6.92 Å². The molecule has 0 spiro atoms. The van der Waals surface area contributed by atoms with Gasteiger partial charge < -0.3 is 5.11 Å². The molecule has 0 aliphatic rings. The monoisotopic (exact) mass is 279 g/mol. The summed E-state index contributed by atoms with van der Waals surface area (Å²) in [5, 5.41) is 8.59. The quantitative estimate of drug-likeness (QED) is 0.854. The average molecular weight is 279 g/mol. The molecule has 5 nitrogen and oxygen atoms in total. The van der Waals surface area contributed by atoms with E-state index < -0.39 is 45.0 Å². The van der Waals surface area contributed by atoms with E-state index >= 15 is 0 Å². The number of carboxylic acid groups (broad SMARTS) is 1. The molecule has 0 fully saturated rings. The summed E-state index contributed by atoms with van der Waals surface area (Å²) >= 11 is 0. The van der Waals surface area contributed by atoms with Gasteiger partial charge in [0.1, 0.15) is 11.6 Å². The molecule has 0 radical (unpaired) electrons. The summed E-state index contributed by atoms with van der Waals surface area (Å²) in [4.78, 5) is 10.5. The minimum Gasteiger partial charge on any atom is -0.481 e. The Morgan fingerprint density at radius 1 is 1.44 bits per heavy atom. The van der Waals surface area contributed by atoms with E-state index in [0.29, 0.717) is 6.07 Å². The Bertz CT molecular complexity index is 559. The van der Waals surface area contributed by atoms with Gasteiger partial charge in [0.25, 0.3) is 0 Å². The minimum absolute atomic E-state index is 0.422. The van der Waals surface area contributed by atoms with Crippen LogP contribution in [0.1, 0.15) is 6.92 Å². The third-order valence-electron chi connectivity index (χ3n) is 2.09. The van der Waals surface area contributed by atoms with E-state index in [1.54, 1.807) is 0 Å². The number of anilines is 1. The number of hydrogen-bond donors (Lipinski definition) is 2. The topological polar surface area (TPSA) is 83.5 Å². The lowest BCUT2D eigenvalue weighted by molar-refractivity contribution is -0.140. The molecule has 0 saturated carbocycles. The summed E-state index contributed by atoms with van der Waals surface area (Å²) < 4.78 is 50.7. The van der Waals surface area contributed by atoms with E-state index in [9.17, 15) is 22.0 Å². The molecule has 0 aliphatic carbocycles. The molecular formula is C10H11F2NO4S. The van der Waals surface area contributed by atoms with Crippen LogP contribution in [-0.4, -0.2) is 25.2 Å². The smallest absolute Gasteiger partial charge is 0.307 e. The molecule has 0 saturated heterocycles. The molecule has 1 unspecified atom stereocenters. The number of carboxylic acids is 1. The van der Waals surface area contributed by atoms with Crippen LogP contribution in [0.4, 0.5) is 14.5 Å². The Hall–Kier alpha value is -1.70. The van der Waals surface area contributed by atoms with Gasteiger partial charge in [0.2, 0.25) is 10.0 Å². The van der Waals surface area contributed by atoms with Gasteiger partial charge in [-0.2, -0.15) is 0 Å². The SMILES string of the molecule is CC(CS(=O)(=O)Nc1ccc(F)cc1F)C(=O)O. The Balaban J connectivity index is 2.86. The van der Waals surface area contributed by atoms with Crippen LogP contribution in [0.2, 0.25) is 0 Å². The molecule has 18 heavy (non-hydrogen) atoms. The first kappa shape index (κ1) is 14.4. The van der Waals surface area contributed by atoms with Gasteiger partial charge in [0.15, 0.2) is 0 Å². The van der Waals surface area contributed by atoms with Crippen LogP contribution in [0.3, 0.4) is 0 Å². The van der Waals surface area contributed by atoms with Crippen molar-refractivity contribution in [1.82, 2.24) is 0 Å². The fraction of sp³-hybridized carbons (Fsp3) is 0.300. The van der Waals surface area contributed by atoms with Crippen LogP contribution in [0.5, 0.6) is 0 Å². The van der Waals surface area contributed by atoms with Crippen LogP contribution in [0.15, 0.2) is 18.2 Å². The summed E-state index contributed by atoms with van der Waals surface area (Å²) in [5.41, 5.74) is -0.422. The third kappa shape index (κ3) is 3.95. The van der Waals surface area contributed by atoms with E-state index in [1.165, 1.54) is 6.92 Å². The molecule has 1 rings (SSSR count). The van der Waals surface area contributed by atoms with Crippen LogP contribution in [-0.2, 0) is 14.8 Å². The number of aliphatic carboxylic acids is 1. The molecule has 1 aromatic carbocycles. The lowest BCUT2D eigenvalue weighted by atomic mass is 10.2. The molecular weight excluding hydrogens is 268 g/mol. The Morgan fingerprint density at radius 3 is 2.56 bits per heavy atom. The van der Waals surface area contributed by atoms with Crippen LogP contribution in [0, 0.1) is 17.6 Å². The van der Waals surface area contributed by atoms with Crippen LogP contribution >= 0.6 is 0 Å². The summed E-state index contributed by atoms with van der Waals surface area (Å²) in [7, 11) is -4.01. The standard InChI is InChI=1S/C10H11F2NO4S/c1-6(10(14)15)5-18(16,17)13-9-3-2-7(11)4-8(9)12/h2-4,6,13H,5H2,1H3,(H,14,15). The van der Waals surface area contributed by atoms with E-state index in [1.807, 2.05) is 4.72 Å². The van der Waals surface area contributed by atoms with Crippen molar-refractivity contribution in [2.75, 3.05) is 10.5 Å². The summed E-state index contributed by atoms with van der Waals surface area (Å²) in [6.07, 6.45) is 0. The number of halogens is 2. The van der Waals surface area contributed by atoms with Gasteiger partial charge in [0.05, 0.1) is 17.4 Å². The number of sulfonamides is 1. The lowest BCUT2D eigenvalue weighted by Gasteiger charge is -2.10. The number of benzene rings is 1. The zero-order valence-electron chi connectivity index (χ0n) is 9.35. The molecule has 0 aromatic heterocycles. The zero-order valence-corrected chi connectivity index (χ0v) is 10.2. The zero-order chi connectivity index (χ0) is 13.9. The van der Waals surface area contributed by atoms with Gasteiger partial charge in [-0.15, -0.1) is 0 Å². The summed E-state index contributed by atoms with van der Waals surface area (Å²) in [5.74, 6) is -5.01. The Kier molecular flexibility index (Phi) is 4.23. The first-order valence-electron chi connectivity index (χ1n) is 4.89. The van der Waals surface area contributed by atoms with Gasteiger partial charge >= 0.3 is 5.97 Å². The van der Waals surface area contributed by atoms with Gasteiger partial charge in [0, 0.05) is 6.07 Å². The number of hydrogen-bond acceptors (Lipinski definition) is 3. The van der Waals surface area contributed by atoms with E-state index in [-0.39, 0.29) is 0 Å². The largest absolute Gasteiger partial charge is 0.481 e. The maximum Gasteiger partial charge on any atom is 0.307 e. The van der Waals surface area contributed by atoms with E-state index in [2.05, 4.69) is 0 Å². The highest BCUT2D eigenvalue weighted by Gasteiger charge is 2.21. The molecule has 100 valence electrons. The van der Waals surface area contributed by atoms with Crippen molar-refractivity contribution in [3.63, 3.8) is 0 Å². The average Bonchev–Trinajstić information content (AvgIpc) is 2.21. The first-order valence-corrected chi connectivity index (χ1v) is 6.55. The molecule has 1 aromatic rings. The highest BCUT2D eigenvalue weighted by Crippen LogP contribution is 2.17. The van der Waals surface area contributed by atoms with Crippen molar-refractivity contribution in [1.29, 1.82) is 0 Å². The number of rotatable bonds is 5. The van der Waals surface area contributed by atoms with Crippen LogP contribution < -0.4 is 4.72 Å². The molecule has 0 amide bonds. The van der Waals surface area contributed by atoms with Crippen molar-refractivity contribution >= 4 is 21.7 Å². The van der Waals surface area contributed by atoms with Gasteiger partial charge in [-0.05, 0) is 12.1 Å². The fourth-order valence-corrected chi connectivity index (χ4v) is 2.57. The molecule has 0 aliphatic heterocycles. The molecule has 0 bridgehead atoms. The summed E-state index contributed by atoms with van der Waals surface area (Å²) in [6, 6.07) is 2.34. The maximum absolute atomic E-state index is 13.2. The lowest BCUT2D eigenvalue weighted by Crippen LogP contribution is -2.26. The predicted octanol–water partition coefficient (Wildman–Crippen LogP) is 1.43. The van der Waals surface area contributed by atoms with Crippen LogP contribution in [0.25, 0.3) is 0 Å². The highest BCUT2D eigenvalue weighted by molar-refractivity contribution is 7.92. The second-order valence-electron chi connectivity index (χ2n) is 3.75. The van der Waals surface area contributed by atoms with Gasteiger partial charge in [-0.1, -0.05) is 6.92 Å². The Labute approximate surface area is 102 Å². The van der Waals surface area contributed by atoms with Crippen molar-refractivity contribution in [2.24, 2.45) is 5.92 Å². The predicted molar refractivity (Wildman–Crippen MR) is 60.6 cm³/mol. The fourth-order valence-electron chi connectivity index (χ4n) is 1.18. The second-order valence-corrected chi connectivity index (χ2v) is 5.51. The first-order chi connectivity index (χ1) is 8.21. The molecule has 2 N–H and O–H groups in total. The highest BCUT2D eigenvalue weighted by atomic mass is 32.2. The molecule has 0 heterocycles. The second kappa shape index (κ2) is 5.30. The van der Waals surface area contributed by atoms with Crippen molar-refractivity contribution < 1.29 is 27.1 Å². The summed E-state index contributed by atoms with van der Waals surface area (Å²) in [6.45, 7) is 1.21. The van der Waals surface area contributed by atoms with E-state index in [4.69, 9.17) is 5.11 Å². The number of carbonyl (C=O) groups is 1. The van der Waals surface area contributed by atoms with E-state index in [0.717, 1.165) is 12.1 Å². The minimum atomic E-state index is -4.01. The molecule has 8 heteroatoms. The molecule has 1 atom stereocenters. The van der Waals surface area contributed by atoms with Crippen molar-refractivity contribution in [3.8, 4) is 0 Å². The Morgan fingerprint density at radius 2 is 2.06 bits per heavy atom. The number of nitrogens with one attached hydrogen (secondary N) is 1. The maximum atomic E-state index is 13.2. The van der Waals surface area contributed by atoms with Gasteiger partial charge in [-0.3, -0.25) is 9.52 Å².